The van der Waals surface area contributed by atoms with Gasteiger partial charge in [0, 0.05) is 9.75 Å². The predicted octanol–water partition coefficient (Wildman–Crippen LogP) is 1.53. The Hall–Kier alpha value is -1.07. The maximum Gasteiger partial charge on any atom is 0.407 e. The van der Waals surface area contributed by atoms with Crippen molar-refractivity contribution >= 4 is 17.4 Å². The van der Waals surface area contributed by atoms with E-state index in [0.717, 1.165) is 11.3 Å². The molecule has 0 spiro atoms. The van der Waals surface area contributed by atoms with Gasteiger partial charge in [-0.1, -0.05) is 6.92 Å². The van der Waals surface area contributed by atoms with Crippen LogP contribution in [-0.4, -0.2) is 24.4 Å². The maximum atomic E-state index is 11.0. The van der Waals surface area contributed by atoms with Crippen LogP contribution in [0.2, 0.25) is 0 Å². The van der Waals surface area contributed by atoms with Gasteiger partial charge in [-0.15, -0.1) is 11.3 Å². The standard InChI is InChI=1S/C10H15NO3S/c1-2-8-3-4-9(15-8)7-11-10(13)14-6-5-12/h3-4,12H,2,5-7H2,1H3,(H,11,13). The zero-order chi connectivity index (χ0) is 11.1. The smallest absolute Gasteiger partial charge is 0.407 e. The summed E-state index contributed by atoms with van der Waals surface area (Å²) in [5.41, 5.74) is 0. The Bertz CT molecular complexity index is 311. The molecule has 0 bridgehead atoms. The van der Waals surface area contributed by atoms with Crippen LogP contribution < -0.4 is 5.32 Å². The normalized spacial score (nSPS) is 10.0. The van der Waals surface area contributed by atoms with Crippen LogP contribution in [0.15, 0.2) is 12.1 Å². The molecule has 0 aromatic carbocycles. The van der Waals surface area contributed by atoms with Crippen molar-refractivity contribution in [1.82, 2.24) is 5.32 Å². The van der Waals surface area contributed by atoms with Gasteiger partial charge in [-0.05, 0) is 18.6 Å². The van der Waals surface area contributed by atoms with E-state index in [9.17, 15) is 4.79 Å². The first-order valence-electron chi connectivity index (χ1n) is 4.85. The predicted molar refractivity (Wildman–Crippen MR) is 59.0 cm³/mol. The van der Waals surface area contributed by atoms with Gasteiger partial charge in [0.25, 0.3) is 0 Å². The number of aryl methyl sites for hydroxylation is 1. The van der Waals surface area contributed by atoms with Crippen LogP contribution in [0.4, 0.5) is 4.79 Å². The van der Waals surface area contributed by atoms with Gasteiger partial charge >= 0.3 is 6.09 Å². The van der Waals surface area contributed by atoms with Crippen LogP contribution in [0.3, 0.4) is 0 Å². The number of alkyl carbamates (subject to hydrolysis) is 1. The Morgan fingerprint density at radius 3 is 2.87 bits per heavy atom. The van der Waals surface area contributed by atoms with Crippen LogP contribution in [0, 0.1) is 0 Å². The van der Waals surface area contributed by atoms with E-state index < -0.39 is 6.09 Å². The highest BCUT2D eigenvalue weighted by atomic mass is 32.1. The highest BCUT2D eigenvalue weighted by molar-refractivity contribution is 7.11. The van der Waals surface area contributed by atoms with Crippen LogP contribution >= 0.6 is 11.3 Å². The zero-order valence-corrected chi connectivity index (χ0v) is 9.47. The molecule has 4 nitrogen and oxygen atoms in total. The molecule has 1 rings (SSSR count). The number of hydrogen-bond donors (Lipinski definition) is 2. The molecule has 1 aromatic rings. The summed E-state index contributed by atoms with van der Waals surface area (Å²) >= 11 is 1.68. The highest BCUT2D eigenvalue weighted by Crippen LogP contribution is 2.16. The Kier molecular flexibility index (Phi) is 5.14. The summed E-state index contributed by atoms with van der Waals surface area (Å²) in [6, 6.07) is 4.05. The molecule has 0 unspecified atom stereocenters. The number of rotatable bonds is 5. The van der Waals surface area contributed by atoms with Gasteiger partial charge in [-0.25, -0.2) is 4.79 Å². The molecule has 0 aliphatic heterocycles. The largest absolute Gasteiger partial charge is 0.447 e. The Labute approximate surface area is 92.9 Å². The van der Waals surface area contributed by atoms with Gasteiger partial charge in [0.15, 0.2) is 0 Å². The third-order valence-corrected chi connectivity index (χ3v) is 3.03. The van der Waals surface area contributed by atoms with Crippen molar-refractivity contribution in [2.24, 2.45) is 0 Å². The second kappa shape index (κ2) is 6.42. The monoisotopic (exact) mass is 229 g/mol. The number of carbonyl (C=O) groups excluding carboxylic acids is 1. The zero-order valence-electron chi connectivity index (χ0n) is 8.66. The molecule has 2 N–H and O–H groups in total. The lowest BCUT2D eigenvalue weighted by atomic mass is 10.4. The van der Waals surface area contributed by atoms with E-state index in [1.165, 1.54) is 4.88 Å². The molecule has 5 heteroatoms. The van der Waals surface area contributed by atoms with Crippen molar-refractivity contribution in [1.29, 1.82) is 0 Å². The summed E-state index contributed by atoms with van der Waals surface area (Å²) in [5, 5.41) is 11.0. The molecule has 1 aromatic heterocycles. The Morgan fingerprint density at radius 2 is 2.27 bits per heavy atom. The van der Waals surface area contributed by atoms with Crippen molar-refractivity contribution in [3.63, 3.8) is 0 Å². The molecule has 0 fully saturated rings. The minimum atomic E-state index is -0.490. The van der Waals surface area contributed by atoms with Gasteiger partial charge in [0.2, 0.25) is 0 Å². The Balaban J connectivity index is 2.27. The van der Waals surface area contributed by atoms with E-state index in [1.54, 1.807) is 11.3 Å². The molecular weight excluding hydrogens is 214 g/mol. The molecule has 0 aliphatic carbocycles. The second-order valence-electron chi connectivity index (χ2n) is 2.93. The van der Waals surface area contributed by atoms with Crippen molar-refractivity contribution in [3.8, 4) is 0 Å². The summed E-state index contributed by atoms with van der Waals surface area (Å²) in [7, 11) is 0. The summed E-state index contributed by atoms with van der Waals surface area (Å²) < 4.78 is 4.65. The minimum Gasteiger partial charge on any atom is -0.447 e. The number of ether oxygens (including phenoxy) is 1. The molecule has 0 radical (unpaired) electrons. The number of nitrogens with one attached hydrogen (secondary N) is 1. The lowest BCUT2D eigenvalue weighted by Crippen LogP contribution is -2.24. The van der Waals surface area contributed by atoms with E-state index >= 15 is 0 Å². The molecule has 0 saturated heterocycles. The fraction of sp³-hybridized carbons (Fsp3) is 0.500. The van der Waals surface area contributed by atoms with Crippen molar-refractivity contribution < 1.29 is 14.6 Å². The van der Waals surface area contributed by atoms with Crippen LogP contribution in [-0.2, 0) is 17.7 Å². The topological polar surface area (TPSA) is 58.6 Å². The second-order valence-corrected chi connectivity index (χ2v) is 4.19. The summed E-state index contributed by atoms with van der Waals surface area (Å²) in [5.74, 6) is 0. The lowest BCUT2D eigenvalue weighted by Gasteiger charge is -2.03. The average Bonchev–Trinajstić information content (AvgIpc) is 2.71. The van der Waals surface area contributed by atoms with Gasteiger partial charge in [0.05, 0.1) is 13.2 Å². The lowest BCUT2D eigenvalue weighted by molar-refractivity contribution is 0.119. The third-order valence-electron chi connectivity index (χ3n) is 1.80. The maximum absolute atomic E-state index is 11.0. The van der Waals surface area contributed by atoms with E-state index in [2.05, 4.69) is 23.0 Å². The number of hydrogen-bond acceptors (Lipinski definition) is 4. The number of aliphatic hydroxyl groups excluding tert-OH is 1. The molecule has 1 amide bonds. The molecule has 15 heavy (non-hydrogen) atoms. The molecule has 0 saturated carbocycles. The molecule has 1 heterocycles. The fourth-order valence-electron chi connectivity index (χ4n) is 1.06. The third kappa shape index (κ3) is 4.31. The van der Waals surface area contributed by atoms with E-state index in [0.29, 0.717) is 6.54 Å². The van der Waals surface area contributed by atoms with Gasteiger partial charge in [-0.3, -0.25) is 0 Å². The molecule has 0 atom stereocenters. The van der Waals surface area contributed by atoms with Crippen molar-refractivity contribution in [2.75, 3.05) is 13.2 Å². The van der Waals surface area contributed by atoms with Crippen LogP contribution in [0.5, 0.6) is 0 Å². The number of carbonyl (C=O) groups is 1. The van der Waals surface area contributed by atoms with Gasteiger partial charge in [0.1, 0.15) is 6.61 Å². The first kappa shape index (κ1) is 12.0. The van der Waals surface area contributed by atoms with E-state index in [1.807, 2.05) is 6.07 Å². The Morgan fingerprint density at radius 1 is 1.53 bits per heavy atom. The molecular formula is C10H15NO3S. The molecule has 0 aliphatic rings. The molecule has 84 valence electrons. The quantitative estimate of drug-likeness (QED) is 0.805. The first-order valence-corrected chi connectivity index (χ1v) is 5.67. The highest BCUT2D eigenvalue weighted by Gasteiger charge is 2.03. The first-order chi connectivity index (χ1) is 7.26. The summed E-state index contributed by atoms with van der Waals surface area (Å²) in [4.78, 5) is 13.4. The SMILES string of the molecule is CCc1ccc(CNC(=O)OCCO)s1. The van der Waals surface area contributed by atoms with Crippen LogP contribution in [0.1, 0.15) is 16.7 Å². The van der Waals surface area contributed by atoms with Crippen molar-refractivity contribution in [3.05, 3.63) is 21.9 Å². The number of aliphatic hydroxyl groups is 1. The fourth-order valence-corrected chi connectivity index (χ4v) is 1.95. The van der Waals surface area contributed by atoms with Gasteiger partial charge in [-0.2, -0.15) is 0 Å². The van der Waals surface area contributed by atoms with Gasteiger partial charge < -0.3 is 15.2 Å². The van der Waals surface area contributed by atoms with E-state index in [-0.39, 0.29) is 13.2 Å². The number of amides is 1. The summed E-state index contributed by atoms with van der Waals surface area (Å²) in [6.45, 7) is 2.47. The number of thiophene rings is 1. The summed E-state index contributed by atoms with van der Waals surface area (Å²) in [6.07, 6.45) is 0.523. The van der Waals surface area contributed by atoms with Crippen LogP contribution in [0.25, 0.3) is 0 Å². The van der Waals surface area contributed by atoms with Crippen molar-refractivity contribution in [2.45, 2.75) is 19.9 Å². The average molecular weight is 229 g/mol. The van der Waals surface area contributed by atoms with E-state index in [4.69, 9.17) is 5.11 Å². The minimum absolute atomic E-state index is 0.0382.